The van der Waals surface area contributed by atoms with E-state index in [9.17, 15) is 0 Å². The monoisotopic (exact) mass is 258 g/mol. The summed E-state index contributed by atoms with van der Waals surface area (Å²) in [7, 11) is 1.63. The second-order valence-electron chi connectivity index (χ2n) is 4.24. The van der Waals surface area contributed by atoms with Gasteiger partial charge in [-0.1, -0.05) is 6.07 Å². The molecule has 2 aromatic rings. The molecule has 1 aromatic heterocycles. The van der Waals surface area contributed by atoms with Crippen molar-refractivity contribution in [3.05, 3.63) is 53.3 Å². The number of hydrogen-bond acceptors (Lipinski definition) is 4. The van der Waals surface area contributed by atoms with Crippen LogP contribution < -0.4 is 15.2 Å². The number of ether oxygens (including phenoxy) is 2. The molecule has 0 bridgehead atoms. The molecular weight excluding hydrogens is 240 g/mol. The van der Waals surface area contributed by atoms with Crippen molar-refractivity contribution in [3.8, 4) is 11.5 Å². The third-order valence-corrected chi connectivity index (χ3v) is 2.81. The average Bonchev–Trinajstić information content (AvgIpc) is 2.45. The first-order valence-electron chi connectivity index (χ1n) is 6.15. The van der Waals surface area contributed by atoms with Crippen molar-refractivity contribution < 1.29 is 9.47 Å². The Morgan fingerprint density at radius 1 is 1.21 bits per heavy atom. The summed E-state index contributed by atoms with van der Waals surface area (Å²) in [5.74, 6) is 1.55. The van der Waals surface area contributed by atoms with Gasteiger partial charge in [0.2, 0.25) is 0 Å². The zero-order valence-corrected chi connectivity index (χ0v) is 11.2. The molecule has 0 spiro atoms. The number of aryl methyl sites for hydroxylation is 1. The smallest absolute Gasteiger partial charge is 0.130 e. The summed E-state index contributed by atoms with van der Waals surface area (Å²) in [4.78, 5) is 4.40. The third kappa shape index (κ3) is 3.45. The molecule has 0 amide bonds. The number of nitrogens with two attached hydrogens (primary N) is 1. The Kier molecular flexibility index (Phi) is 4.36. The molecular formula is C15H18N2O2. The topological polar surface area (TPSA) is 57.4 Å². The Morgan fingerprint density at radius 3 is 2.74 bits per heavy atom. The number of pyridine rings is 1. The standard InChI is InChI=1S/C15H18N2O2/c1-11-4-3-5-13(17-11)10-19-15-7-6-14(18-2)8-12(15)9-16/h3-8H,9-10,16H2,1-2H3. The number of hydrogen-bond donors (Lipinski definition) is 1. The number of methoxy groups -OCH3 is 1. The van der Waals surface area contributed by atoms with Crippen LogP contribution in [0.15, 0.2) is 36.4 Å². The fourth-order valence-corrected chi connectivity index (χ4v) is 1.81. The lowest BCUT2D eigenvalue weighted by molar-refractivity contribution is 0.297. The molecule has 1 heterocycles. The van der Waals surface area contributed by atoms with E-state index in [0.29, 0.717) is 13.2 Å². The van der Waals surface area contributed by atoms with E-state index >= 15 is 0 Å². The summed E-state index contributed by atoms with van der Waals surface area (Å²) in [5, 5.41) is 0. The first-order chi connectivity index (χ1) is 9.22. The van der Waals surface area contributed by atoms with Gasteiger partial charge in [0.15, 0.2) is 0 Å². The highest BCUT2D eigenvalue weighted by atomic mass is 16.5. The molecule has 1 aromatic carbocycles. The largest absolute Gasteiger partial charge is 0.497 e. The van der Waals surface area contributed by atoms with Gasteiger partial charge in [-0.2, -0.15) is 0 Å². The van der Waals surface area contributed by atoms with Crippen molar-refractivity contribution in [2.24, 2.45) is 5.73 Å². The number of benzene rings is 1. The minimum absolute atomic E-state index is 0.410. The Labute approximate surface area is 113 Å². The maximum Gasteiger partial charge on any atom is 0.130 e. The number of nitrogens with zero attached hydrogens (tertiary/aromatic N) is 1. The Bertz CT molecular complexity index is 556. The Morgan fingerprint density at radius 2 is 2.05 bits per heavy atom. The quantitative estimate of drug-likeness (QED) is 0.895. The van der Waals surface area contributed by atoms with Crippen LogP contribution in [-0.2, 0) is 13.2 Å². The summed E-state index contributed by atoms with van der Waals surface area (Å²) in [6.07, 6.45) is 0. The SMILES string of the molecule is COc1ccc(OCc2cccc(C)n2)c(CN)c1. The van der Waals surface area contributed by atoms with Gasteiger partial charge in [0.25, 0.3) is 0 Å². The second-order valence-corrected chi connectivity index (χ2v) is 4.24. The van der Waals surface area contributed by atoms with E-state index in [4.69, 9.17) is 15.2 Å². The van der Waals surface area contributed by atoms with Gasteiger partial charge in [0.05, 0.1) is 12.8 Å². The molecule has 0 radical (unpaired) electrons. The fraction of sp³-hybridized carbons (Fsp3) is 0.267. The van der Waals surface area contributed by atoms with Crippen molar-refractivity contribution in [2.45, 2.75) is 20.1 Å². The molecule has 0 aliphatic carbocycles. The molecule has 0 aliphatic heterocycles. The molecule has 0 atom stereocenters. The molecule has 0 saturated heterocycles. The van der Waals surface area contributed by atoms with Crippen molar-refractivity contribution in [2.75, 3.05) is 7.11 Å². The summed E-state index contributed by atoms with van der Waals surface area (Å²) < 4.78 is 10.9. The second kappa shape index (κ2) is 6.20. The lowest BCUT2D eigenvalue weighted by atomic mass is 10.2. The van der Waals surface area contributed by atoms with E-state index < -0.39 is 0 Å². The molecule has 19 heavy (non-hydrogen) atoms. The summed E-state index contributed by atoms with van der Waals surface area (Å²) in [6, 6.07) is 11.5. The molecule has 4 heteroatoms. The van der Waals surface area contributed by atoms with Crippen LogP contribution in [0.4, 0.5) is 0 Å². The first kappa shape index (κ1) is 13.4. The molecule has 0 aliphatic rings. The molecule has 2 N–H and O–H groups in total. The minimum Gasteiger partial charge on any atom is -0.497 e. The maximum absolute atomic E-state index is 5.77. The van der Waals surface area contributed by atoms with Crippen LogP contribution in [0.25, 0.3) is 0 Å². The molecule has 100 valence electrons. The lowest BCUT2D eigenvalue weighted by Crippen LogP contribution is -2.04. The molecule has 0 unspecified atom stereocenters. The Hall–Kier alpha value is -2.07. The fourth-order valence-electron chi connectivity index (χ4n) is 1.81. The van der Waals surface area contributed by atoms with Crippen LogP contribution in [0.1, 0.15) is 17.0 Å². The lowest BCUT2D eigenvalue weighted by Gasteiger charge is -2.11. The highest BCUT2D eigenvalue weighted by Gasteiger charge is 2.05. The van der Waals surface area contributed by atoms with E-state index in [2.05, 4.69) is 4.98 Å². The van der Waals surface area contributed by atoms with Crippen molar-refractivity contribution in [1.29, 1.82) is 0 Å². The zero-order chi connectivity index (χ0) is 13.7. The van der Waals surface area contributed by atoms with Gasteiger partial charge in [-0.05, 0) is 37.3 Å². The van der Waals surface area contributed by atoms with Gasteiger partial charge in [-0.3, -0.25) is 4.98 Å². The minimum atomic E-state index is 0.410. The van der Waals surface area contributed by atoms with Crippen LogP contribution in [0.5, 0.6) is 11.5 Å². The molecule has 2 rings (SSSR count). The van der Waals surface area contributed by atoms with Crippen molar-refractivity contribution in [3.63, 3.8) is 0 Å². The summed E-state index contributed by atoms with van der Waals surface area (Å²) in [6.45, 7) is 2.80. The normalized spacial score (nSPS) is 10.3. The van der Waals surface area contributed by atoms with Crippen LogP contribution in [0.2, 0.25) is 0 Å². The highest BCUT2D eigenvalue weighted by Crippen LogP contribution is 2.24. The summed E-state index contributed by atoms with van der Waals surface area (Å²) >= 11 is 0. The van der Waals surface area contributed by atoms with Crippen LogP contribution in [0.3, 0.4) is 0 Å². The maximum atomic E-state index is 5.77. The van der Waals surface area contributed by atoms with Crippen LogP contribution >= 0.6 is 0 Å². The predicted octanol–water partition coefficient (Wildman–Crippen LogP) is 2.44. The van der Waals surface area contributed by atoms with Gasteiger partial charge < -0.3 is 15.2 Å². The van der Waals surface area contributed by atoms with E-state index in [1.54, 1.807) is 7.11 Å². The van der Waals surface area contributed by atoms with Crippen LogP contribution in [-0.4, -0.2) is 12.1 Å². The first-order valence-corrected chi connectivity index (χ1v) is 6.15. The Balaban J connectivity index is 2.11. The molecule has 0 saturated carbocycles. The van der Waals surface area contributed by atoms with E-state index in [0.717, 1.165) is 28.5 Å². The van der Waals surface area contributed by atoms with Crippen LogP contribution in [0, 0.1) is 6.92 Å². The average molecular weight is 258 g/mol. The summed E-state index contributed by atoms with van der Waals surface area (Å²) in [5.41, 5.74) is 8.52. The van der Waals surface area contributed by atoms with Gasteiger partial charge >= 0.3 is 0 Å². The molecule has 0 fully saturated rings. The molecule has 4 nitrogen and oxygen atoms in total. The van der Waals surface area contributed by atoms with Crippen molar-refractivity contribution in [1.82, 2.24) is 4.98 Å². The van der Waals surface area contributed by atoms with E-state index in [1.165, 1.54) is 0 Å². The highest BCUT2D eigenvalue weighted by molar-refractivity contribution is 5.40. The van der Waals surface area contributed by atoms with Gasteiger partial charge in [-0.25, -0.2) is 0 Å². The number of rotatable bonds is 5. The van der Waals surface area contributed by atoms with Crippen molar-refractivity contribution >= 4 is 0 Å². The zero-order valence-electron chi connectivity index (χ0n) is 11.2. The van der Waals surface area contributed by atoms with Gasteiger partial charge in [0.1, 0.15) is 18.1 Å². The third-order valence-electron chi connectivity index (χ3n) is 2.81. The van der Waals surface area contributed by atoms with Gasteiger partial charge in [0, 0.05) is 17.8 Å². The van der Waals surface area contributed by atoms with E-state index in [1.807, 2.05) is 43.3 Å². The number of aromatic nitrogens is 1. The predicted molar refractivity (Wildman–Crippen MR) is 74.2 cm³/mol. The van der Waals surface area contributed by atoms with E-state index in [-0.39, 0.29) is 0 Å². The van der Waals surface area contributed by atoms with Gasteiger partial charge in [-0.15, -0.1) is 0 Å².